The minimum atomic E-state index is -0.543. The van der Waals surface area contributed by atoms with Crippen molar-refractivity contribution in [2.24, 2.45) is 0 Å². The molecule has 3 aromatic carbocycles. The van der Waals surface area contributed by atoms with Gasteiger partial charge in [0.2, 0.25) is 0 Å². The van der Waals surface area contributed by atoms with E-state index in [1.54, 1.807) is 25.3 Å². The summed E-state index contributed by atoms with van der Waals surface area (Å²) in [7, 11) is 1.56. The third kappa shape index (κ3) is 5.00. The van der Waals surface area contributed by atoms with Crippen LogP contribution < -0.4 is 19.7 Å². The van der Waals surface area contributed by atoms with Crippen LogP contribution in [-0.2, 0) is 22.6 Å². The molecule has 0 radical (unpaired) electrons. The fourth-order valence-electron chi connectivity index (χ4n) is 3.57. The Bertz CT molecular complexity index is 1250. The average molecular weight is 473 g/mol. The topological polar surface area (TPSA) is 67.9 Å². The highest BCUT2D eigenvalue weighted by atomic mass is 32.1. The maximum atomic E-state index is 13.3. The first-order valence-corrected chi connectivity index (χ1v) is 11.3. The van der Waals surface area contributed by atoms with E-state index in [0.717, 1.165) is 17.5 Å². The van der Waals surface area contributed by atoms with Gasteiger partial charge in [-0.1, -0.05) is 55.5 Å². The molecule has 4 rings (SSSR count). The summed E-state index contributed by atoms with van der Waals surface area (Å²) in [4.78, 5) is 27.3. The van der Waals surface area contributed by atoms with Gasteiger partial charge in [0.25, 0.3) is 11.8 Å². The second kappa shape index (κ2) is 10.3. The highest BCUT2D eigenvalue weighted by molar-refractivity contribution is 7.80. The number of thiocarbonyl (C=S) groups is 1. The monoisotopic (exact) mass is 472 g/mol. The maximum absolute atomic E-state index is 13.3. The third-order valence-corrected chi connectivity index (χ3v) is 5.72. The summed E-state index contributed by atoms with van der Waals surface area (Å²) in [6, 6.07) is 22.5. The molecule has 0 bridgehead atoms. The Morgan fingerprint density at radius 1 is 0.941 bits per heavy atom. The van der Waals surface area contributed by atoms with E-state index in [4.69, 9.17) is 21.7 Å². The van der Waals surface area contributed by atoms with E-state index in [0.29, 0.717) is 29.4 Å². The number of methoxy groups -OCH3 is 1. The van der Waals surface area contributed by atoms with Gasteiger partial charge in [-0.2, -0.15) is 0 Å². The number of carbonyl (C=O) groups is 2. The van der Waals surface area contributed by atoms with Crippen molar-refractivity contribution in [3.8, 4) is 11.5 Å². The van der Waals surface area contributed by atoms with Crippen molar-refractivity contribution in [1.82, 2.24) is 5.32 Å². The number of nitrogens with one attached hydrogen (secondary N) is 1. The number of hydrogen-bond donors (Lipinski definition) is 1. The van der Waals surface area contributed by atoms with Gasteiger partial charge in [0, 0.05) is 0 Å². The quantitative estimate of drug-likeness (QED) is 0.308. The van der Waals surface area contributed by atoms with E-state index in [-0.39, 0.29) is 10.7 Å². The Morgan fingerprint density at radius 3 is 2.35 bits per heavy atom. The van der Waals surface area contributed by atoms with Gasteiger partial charge < -0.3 is 9.47 Å². The Morgan fingerprint density at radius 2 is 1.68 bits per heavy atom. The predicted octanol–water partition coefficient (Wildman–Crippen LogP) is 4.67. The van der Waals surface area contributed by atoms with Crippen LogP contribution in [0.4, 0.5) is 5.69 Å². The molecule has 1 heterocycles. The van der Waals surface area contributed by atoms with Crippen LogP contribution in [0.15, 0.2) is 78.4 Å². The van der Waals surface area contributed by atoms with Gasteiger partial charge in [-0.05, 0) is 65.7 Å². The standard InChI is InChI=1S/C27H24N2O4S/c1-3-18-9-12-21(13-10-18)29-26(31)22(25(30)28-27(29)34)15-20-11-14-23(32-2)24(16-20)33-17-19-7-5-4-6-8-19/h4-16H,3,17H2,1-2H3,(H,28,30,34)/b22-15+. The van der Waals surface area contributed by atoms with Gasteiger partial charge in [-0.25, -0.2) is 0 Å². The summed E-state index contributed by atoms with van der Waals surface area (Å²) in [5, 5.41) is 2.67. The molecule has 172 valence electrons. The molecule has 0 saturated carbocycles. The van der Waals surface area contributed by atoms with Crippen LogP contribution in [0.1, 0.15) is 23.6 Å². The molecule has 7 heteroatoms. The summed E-state index contributed by atoms with van der Waals surface area (Å²) in [5.41, 5.74) is 3.34. The lowest BCUT2D eigenvalue weighted by Gasteiger charge is -2.29. The van der Waals surface area contributed by atoms with Crippen molar-refractivity contribution in [2.45, 2.75) is 20.0 Å². The molecule has 3 aromatic rings. The van der Waals surface area contributed by atoms with Crippen LogP contribution in [0, 0.1) is 0 Å². The molecule has 2 amide bonds. The Kier molecular flexibility index (Phi) is 7.04. The SMILES string of the molecule is CCc1ccc(N2C(=O)/C(=C/c3ccc(OC)c(OCc4ccccc4)c3)C(=O)NC2=S)cc1. The van der Waals surface area contributed by atoms with Crippen molar-refractivity contribution in [1.29, 1.82) is 0 Å². The molecule has 1 saturated heterocycles. The predicted molar refractivity (Wildman–Crippen MR) is 136 cm³/mol. The van der Waals surface area contributed by atoms with Gasteiger partial charge in [-0.15, -0.1) is 0 Å². The Hall–Kier alpha value is -3.97. The second-order valence-corrected chi connectivity index (χ2v) is 8.05. The summed E-state index contributed by atoms with van der Waals surface area (Å²) >= 11 is 5.29. The largest absolute Gasteiger partial charge is 0.493 e. The van der Waals surface area contributed by atoms with Crippen molar-refractivity contribution < 1.29 is 19.1 Å². The highest BCUT2D eigenvalue weighted by Gasteiger charge is 2.34. The lowest BCUT2D eigenvalue weighted by molar-refractivity contribution is -0.122. The van der Waals surface area contributed by atoms with Crippen LogP contribution in [0.3, 0.4) is 0 Å². The van der Waals surface area contributed by atoms with Gasteiger partial charge in [-0.3, -0.25) is 19.8 Å². The molecule has 0 atom stereocenters. The van der Waals surface area contributed by atoms with Crippen LogP contribution in [0.25, 0.3) is 6.08 Å². The number of aryl methyl sites for hydroxylation is 1. The number of nitrogens with zero attached hydrogens (tertiary/aromatic N) is 1. The second-order valence-electron chi connectivity index (χ2n) is 7.66. The summed E-state index contributed by atoms with van der Waals surface area (Å²) < 4.78 is 11.4. The molecule has 6 nitrogen and oxygen atoms in total. The number of carbonyl (C=O) groups excluding carboxylic acids is 2. The Balaban J connectivity index is 1.62. The first-order chi connectivity index (χ1) is 16.5. The molecular formula is C27H24N2O4S. The molecular weight excluding hydrogens is 448 g/mol. The molecule has 0 spiro atoms. The molecule has 1 aliphatic rings. The number of rotatable bonds is 7. The number of benzene rings is 3. The number of anilines is 1. The van der Waals surface area contributed by atoms with E-state index in [2.05, 4.69) is 12.2 Å². The molecule has 34 heavy (non-hydrogen) atoms. The fraction of sp³-hybridized carbons (Fsp3) is 0.148. The normalized spacial score (nSPS) is 14.8. The molecule has 0 aromatic heterocycles. The van der Waals surface area contributed by atoms with Crippen molar-refractivity contribution >= 4 is 40.9 Å². The van der Waals surface area contributed by atoms with Gasteiger partial charge in [0.15, 0.2) is 16.6 Å². The first-order valence-electron chi connectivity index (χ1n) is 10.9. The Labute approximate surface area is 203 Å². The zero-order valence-corrected chi connectivity index (χ0v) is 19.7. The number of hydrogen-bond acceptors (Lipinski definition) is 5. The summed E-state index contributed by atoms with van der Waals surface area (Å²) in [5.74, 6) is 0.0304. The van der Waals surface area contributed by atoms with E-state index in [1.165, 1.54) is 11.0 Å². The van der Waals surface area contributed by atoms with E-state index >= 15 is 0 Å². The number of ether oxygens (including phenoxy) is 2. The molecule has 0 unspecified atom stereocenters. The summed E-state index contributed by atoms with van der Waals surface area (Å²) in [6.07, 6.45) is 2.41. The molecule has 1 fully saturated rings. The minimum Gasteiger partial charge on any atom is -0.493 e. The molecule has 0 aliphatic carbocycles. The highest BCUT2D eigenvalue weighted by Crippen LogP contribution is 2.30. The third-order valence-electron chi connectivity index (χ3n) is 5.44. The number of amides is 2. The van der Waals surface area contributed by atoms with Crippen molar-refractivity contribution in [3.63, 3.8) is 0 Å². The van der Waals surface area contributed by atoms with Gasteiger partial charge in [0.05, 0.1) is 12.8 Å². The zero-order valence-electron chi connectivity index (χ0n) is 18.9. The van der Waals surface area contributed by atoms with Crippen LogP contribution in [0.2, 0.25) is 0 Å². The lowest BCUT2D eigenvalue weighted by Crippen LogP contribution is -2.54. The van der Waals surface area contributed by atoms with E-state index < -0.39 is 11.8 Å². The van der Waals surface area contributed by atoms with Gasteiger partial charge in [0.1, 0.15) is 12.2 Å². The zero-order chi connectivity index (χ0) is 24.1. The van der Waals surface area contributed by atoms with Crippen molar-refractivity contribution in [3.05, 3.63) is 95.1 Å². The van der Waals surface area contributed by atoms with Crippen LogP contribution in [-0.4, -0.2) is 24.0 Å². The fourth-order valence-corrected chi connectivity index (χ4v) is 3.85. The minimum absolute atomic E-state index is 0.0210. The average Bonchev–Trinajstić information content (AvgIpc) is 2.86. The van der Waals surface area contributed by atoms with Gasteiger partial charge >= 0.3 is 0 Å². The van der Waals surface area contributed by atoms with Crippen LogP contribution in [0.5, 0.6) is 11.5 Å². The summed E-state index contributed by atoms with van der Waals surface area (Å²) in [6.45, 7) is 2.41. The van der Waals surface area contributed by atoms with E-state index in [9.17, 15) is 9.59 Å². The van der Waals surface area contributed by atoms with Crippen molar-refractivity contribution in [2.75, 3.05) is 12.0 Å². The molecule has 1 aliphatic heterocycles. The molecule has 1 N–H and O–H groups in total. The van der Waals surface area contributed by atoms with E-state index in [1.807, 2.05) is 54.6 Å². The van der Waals surface area contributed by atoms with Crippen LogP contribution >= 0.6 is 12.2 Å². The lowest BCUT2D eigenvalue weighted by atomic mass is 10.1. The maximum Gasteiger partial charge on any atom is 0.270 e. The first kappa shape index (κ1) is 23.2. The smallest absolute Gasteiger partial charge is 0.270 e.